The molecule has 25 heavy (non-hydrogen) atoms. The summed E-state index contributed by atoms with van der Waals surface area (Å²) in [4.78, 5) is 3.83. The second kappa shape index (κ2) is 6.32. The molecule has 1 aliphatic rings. The Hall–Kier alpha value is -2.11. The smallest absolute Gasteiger partial charge is 0.243 e. The highest BCUT2D eigenvalue weighted by atomic mass is 32.2. The molecule has 1 aliphatic heterocycles. The van der Waals surface area contributed by atoms with Crippen molar-refractivity contribution in [1.29, 1.82) is 0 Å². The van der Waals surface area contributed by atoms with E-state index in [1.54, 1.807) is 16.4 Å². The van der Waals surface area contributed by atoms with Crippen molar-refractivity contribution in [3.05, 3.63) is 65.9 Å². The number of aryl methyl sites for hydroxylation is 1. The Balaban J connectivity index is 1.56. The molecule has 0 spiro atoms. The average Bonchev–Trinajstić information content (AvgIpc) is 3.28. The first kappa shape index (κ1) is 16.4. The van der Waals surface area contributed by atoms with Gasteiger partial charge in [0.2, 0.25) is 10.0 Å². The van der Waals surface area contributed by atoms with E-state index in [1.165, 1.54) is 5.39 Å². The second-order valence-electron chi connectivity index (χ2n) is 6.66. The van der Waals surface area contributed by atoms with Gasteiger partial charge in [0.15, 0.2) is 0 Å². The Morgan fingerprint density at radius 2 is 1.88 bits per heavy atom. The third-order valence-corrected chi connectivity index (χ3v) is 6.99. The first-order valence-corrected chi connectivity index (χ1v) is 10.2. The summed E-state index contributed by atoms with van der Waals surface area (Å²) < 4.78 is 27.4. The number of fused-ring (bicyclic) bond motifs is 1. The molecule has 1 N–H and O–H groups in total. The summed E-state index contributed by atoms with van der Waals surface area (Å²) in [7, 11) is -3.42. The number of nitrogens with one attached hydrogen (secondary N) is 1. The van der Waals surface area contributed by atoms with E-state index in [4.69, 9.17) is 0 Å². The second-order valence-corrected chi connectivity index (χ2v) is 8.60. The number of aromatic nitrogens is 1. The van der Waals surface area contributed by atoms with E-state index in [-0.39, 0.29) is 5.92 Å². The van der Waals surface area contributed by atoms with E-state index in [0.29, 0.717) is 18.0 Å². The van der Waals surface area contributed by atoms with Gasteiger partial charge in [0.1, 0.15) is 0 Å². The molecular formula is C20H22N2O2S. The predicted molar refractivity (Wildman–Crippen MR) is 100 cm³/mol. The van der Waals surface area contributed by atoms with Crippen molar-refractivity contribution in [2.45, 2.75) is 30.6 Å². The maximum atomic E-state index is 12.9. The van der Waals surface area contributed by atoms with Crippen molar-refractivity contribution in [1.82, 2.24) is 9.29 Å². The van der Waals surface area contributed by atoms with E-state index < -0.39 is 10.0 Å². The van der Waals surface area contributed by atoms with Crippen molar-refractivity contribution in [3.63, 3.8) is 0 Å². The zero-order chi connectivity index (χ0) is 17.4. The van der Waals surface area contributed by atoms with Crippen LogP contribution in [0.3, 0.4) is 0 Å². The van der Waals surface area contributed by atoms with Crippen molar-refractivity contribution in [2.24, 2.45) is 0 Å². The Morgan fingerprint density at radius 1 is 1.12 bits per heavy atom. The number of aromatic amines is 1. The molecule has 1 fully saturated rings. The summed E-state index contributed by atoms with van der Waals surface area (Å²) in [5, 5.41) is 1.17. The number of nitrogens with zero attached hydrogens (tertiary/aromatic N) is 1. The summed E-state index contributed by atoms with van der Waals surface area (Å²) in [6.45, 7) is 3.16. The average molecular weight is 354 g/mol. The third-order valence-electron chi connectivity index (χ3n) is 5.11. The minimum atomic E-state index is -3.42. The van der Waals surface area contributed by atoms with Gasteiger partial charge in [0.05, 0.1) is 4.90 Å². The fourth-order valence-electron chi connectivity index (χ4n) is 3.56. The molecule has 1 unspecified atom stereocenters. The van der Waals surface area contributed by atoms with Crippen LogP contribution < -0.4 is 0 Å². The van der Waals surface area contributed by atoms with Crippen LogP contribution in [0.5, 0.6) is 0 Å². The van der Waals surface area contributed by atoms with Gasteiger partial charge in [-0.05, 0) is 48.1 Å². The zero-order valence-electron chi connectivity index (χ0n) is 14.3. The lowest BCUT2D eigenvalue weighted by atomic mass is 10.1. The van der Waals surface area contributed by atoms with Gasteiger partial charge in [-0.3, -0.25) is 0 Å². The minimum absolute atomic E-state index is 0.220. The van der Waals surface area contributed by atoms with Crippen LogP contribution in [0.4, 0.5) is 0 Å². The normalized spacial score (nSPS) is 18.8. The molecule has 0 saturated carbocycles. The lowest BCUT2D eigenvalue weighted by Crippen LogP contribution is -2.28. The summed E-state index contributed by atoms with van der Waals surface area (Å²) in [5.74, 6) is 0.220. The van der Waals surface area contributed by atoms with Crippen LogP contribution in [-0.4, -0.2) is 30.8 Å². The number of benzene rings is 2. The SMILES string of the molecule is CCc1ccc(S(=O)(=O)N2CCC(c3cc4ccccc4[nH]3)C2)cc1. The number of H-pyrrole nitrogens is 1. The fourth-order valence-corrected chi connectivity index (χ4v) is 5.06. The molecule has 0 aliphatic carbocycles. The van der Waals surface area contributed by atoms with Crippen LogP contribution >= 0.6 is 0 Å². The van der Waals surface area contributed by atoms with Gasteiger partial charge in [0.25, 0.3) is 0 Å². The first-order chi connectivity index (χ1) is 12.1. The maximum absolute atomic E-state index is 12.9. The largest absolute Gasteiger partial charge is 0.358 e. The van der Waals surface area contributed by atoms with Crippen LogP contribution in [0.2, 0.25) is 0 Å². The van der Waals surface area contributed by atoms with Crippen LogP contribution in [0.1, 0.15) is 30.5 Å². The number of hydrogen-bond acceptors (Lipinski definition) is 2. The highest BCUT2D eigenvalue weighted by Gasteiger charge is 2.33. The van der Waals surface area contributed by atoms with Gasteiger partial charge in [-0.2, -0.15) is 4.31 Å². The van der Waals surface area contributed by atoms with Gasteiger partial charge < -0.3 is 4.98 Å². The number of hydrogen-bond donors (Lipinski definition) is 1. The van der Waals surface area contributed by atoms with E-state index in [0.717, 1.165) is 29.6 Å². The molecule has 1 aromatic heterocycles. The number of sulfonamides is 1. The molecule has 0 amide bonds. The van der Waals surface area contributed by atoms with Gasteiger partial charge >= 0.3 is 0 Å². The Morgan fingerprint density at radius 3 is 2.60 bits per heavy atom. The summed E-state index contributed by atoms with van der Waals surface area (Å²) in [5.41, 5.74) is 3.38. The van der Waals surface area contributed by atoms with Crippen molar-refractivity contribution in [2.75, 3.05) is 13.1 Å². The highest BCUT2D eigenvalue weighted by Crippen LogP contribution is 2.32. The first-order valence-electron chi connectivity index (χ1n) is 8.74. The van der Waals surface area contributed by atoms with Gasteiger partial charge in [-0.15, -0.1) is 0 Å². The van der Waals surface area contributed by atoms with Crippen molar-refractivity contribution < 1.29 is 8.42 Å². The Kier molecular flexibility index (Phi) is 4.13. The van der Waals surface area contributed by atoms with Crippen LogP contribution in [-0.2, 0) is 16.4 Å². The topological polar surface area (TPSA) is 53.2 Å². The molecule has 2 aromatic carbocycles. The molecule has 2 heterocycles. The van der Waals surface area contributed by atoms with Gasteiger partial charge in [-0.25, -0.2) is 8.42 Å². The maximum Gasteiger partial charge on any atom is 0.243 e. The zero-order valence-corrected chi connectivity index (χ0v) is 15.1. The third kappa shape index (κ3) is 2.98. The molecule has 130 valence electrons. The van der Waals surface area contributed by atoms with Crippen LogP contribution in [0, 0.1) is 0 Å². The number of rotatable bonds is 4. The summed E-state index contributed by atoms with van der Waals surface area (Å²) >= 11 is 0. The summed E-state index contributed by atoms with van der Waals surface area (Å²) in [6, 6.07) is 17.6. The molecular weight excluding hydrogens is 332 g/mol. The molecule has 1 saturated heterocycles. The molecule has 1 atom stereocenters. The quantitative estimate of drug-likeness (QED) is 0.772. The lowest BCUT2D eigenvalue weighted by Gasteiger charge is -2.16. The number of para-hydroxylation sites is 1. The van der Waals surface area contributed by atoms with E-state index >= 15 is 0 Å². The Bertz CT molecular complexity index is 957. The van der Waals surface area contributed by atoms with Crippen molar-refractivity contribution in [3.8, 4) is 0 Å². The molecule has 4 nitrogen and oxygen atoms in total. The van der Waals surface area contributed by atoms with E-state index in [9.17, 15) is 8.42 Å². The highest BCUT2D eigenvalue weighted by molar-refractivity contribution is 7.89. The molecule has 0 radical (unpaired) electrons. The molecule has 0 bridgehead atoms. The monoisotopic (exact) mass is 354 g/mol. The Labute approximate surface area is 148 Å². The fraction of sp³-hybridized carbons (Fsp3) is 0.300. The van der Waals surface area contributed by atoms with Gasteiger partial charge in [0, 0.05) is 30.2 Å². The predicted octanol–water partition coefficient (Wildman–Crippen LogP) is 3.91. The van der Waals surface area contributed by atoms with Crippen LogP contribution in [0.25, 0.3) is 10.9 Å². The van der Waals surface area contributed by atoms with Crippen LogP contribution in [0.15, 0.2) is 59.5 Å². The molecule has 5 heteroatoms. The molecule has 3 aromatic rings. The van der Waals surface area contributed by atoms with E-state index in [2.05, 4.69) is 30.1 Å². The van der Waals surface area contributed by atoms with E-state index in [1.807, 2.05) is 24.3 Å². The summed E-state index contributed by atoms with van der Waals surface area (Å²) in [6.07, 6.45) is 1.76. The minimum Gasteiger partial charge on any atom is -0.358 e. The standard InChI is InChI=1S/C20H22N2O2S/c1-2-15-7-9-18(10-8-15)25(23,24)22-12-11-17(14-22)20-13-16-5-3-4-6-19(16)21-20/h3-10,13,17,21H,2,11-12,14H2,1H3. The lowest BCUT2D eigenvalue weighted by molar-refractivity contribution is 0.472. The molecule has 4 rings (SSSR count). The van der Waals surface area contributed by atoms with Crippen molar-refractivity contribution >= 4 is 20.9 Å². The van der Waals surface area contributed by atoms with Gasteiger partial charge in [-0.1, -0.05) is 37.3 Å².